The summed E-state index contributed by atoms with van der Waals surface area (Å²) in [5.41, 5.74) is 4.10. The van der Waals surface area contributed by atoms with E-state index in [1.54, 1.807) is 11.9 Å². The predicted molar refractivity (Wildman–Crippen MR) is 104 cm³/mol. The number of benzene rings is 2. The van der Waals surface area contributed by atoms with Crippen molar-refractivity contribution < 1.29 is 9.59 Å². The number of anilines is 2. The molecule has 1 heterocycles. The minimum absolute atomic E-state index is 0.0283. The highest BCUT2D eigenvalue weighted by atomic mass is 16.2. The van der Waals surface area contributed by atoms with Crippen LogP contribution in [0.3, 0.4) is 0 Å². The zero-order chi connectivity index (χ0) is 18.7. The molecule has 2 amide bonds. The van der Waals surface area contributed by atoms with E-state index in [-0.39, 0.29) is 24.4 Å². The van der Waals surface area contributed by atoms with Crippen molar-refractivity contribution in [3.05, 3.63) is 59.7 Å². The second-order valence-electron chi connectivity index (χ2n) is 6.87. The number of nitrogens with one attached hydrogen (secondary N) is 1. The topological polar surface area (TPSA) is 52.7 Å². The second kappa shape index (κ2) is 7.70. The van der Waals surface area contributed by atoms with Crippen LogP contribution in [0.25, 0.3) is 0 Å². The van der Waals surface area contributed by atoms with Crippen molar-refractivity contribution in [1.82, 2.24) is 4.90 Å². The van der Waals surface area contributed by atoms with Crippen molar-refractivity contribution in [2.24, 2.45) is 0 Å². The second-order valence-corrected chi connectivity index (χ2v) is 6.87. The van der Waals surface area contributed by atoms with Gasteiger partial charge < -0.3 is 10.2 Å². The van der Waals surface area contributed by atoms with Crippen LogP contribution < -0.4 is 10.2 Å². The fraction of sp³-hybridized carbons (Fsp3) is 0.333. The summed E-state index contributed by atoms with van der Waals surface area (Å²) in [5.74, 6) is -0.0987. The maximum atomic E-state index is 12.9. The molecule has 2 aromatic carbocycles. The number of fused-ring (bicyclic) bond motifs is 1. The lowest BCUT2D eigenvalue weighted by Gasteiger charge is -2.28. The first-order valence-electron chi connectivity index (χ1n) is 8.92. The summed E-state index contributed by atoms with van der Waals surface area (Å²) in [6, 6.07) is 15.3. The van der Waals surface area contributed by atoms with Crippen LogP contribution in [0.15, 0.2) is 48.5 Å². The van der Waals surface area contributed by atoms with Crippen LogP contribution in [0.5, 0.6) is 0 Å². The Morgan fingerprint density at radius 1 is 1.15 bits per heavy atom. The summed E-state index contributed by atoms with van der Waals surface area (Å²) in [6.07, 6.45) is 0.881. The van der Waals surface area contributed by atoms with Gasteiger partial charge in [-0.3, -0.25) is 14.5 Å². The molecule has 1 atom stereocenters. The summed E-state index contributed by atoms with van der Waals surface area (Å²) in [5, 5.41) is 2.87. The number of rotatable bonds is 5. The van der Waals surface area contributed by atoms with Crippen LogP contribution in [-0.2, 0) is 16.0 Å². The fourth-order valence-electron chi connectivity index (χ4n) is 3.18. The molecule has 0 unspecified atom stereocenters. The van der Waals surface area contributed by atoms with E-state index < -0.39 is 0 Å². The van der Waals surface area contributed by atoms with E-state index in [1.807, 2.05) is 61.2 Å². The van der Waals surface area contributed by atoms with Crippen molar-refractivity contribution in [3.8, 4) is 0 Å². The standard InChI is InChI=1S/C21H25N3O2/c1-15-8-10-18(11-9-15)22-20(25)14-23(3)16(2)21(26)24-13-12-17-6-4-5-7-19(17)24/h4-11,16H,12-14H2,1-3H3,(H,22,25)/t16-/m1/s1. The van der Waals surface area contributed by atoms with E-state index in [4.69, 9.17) is 0 Å². The summed E-state index contributed by atoms with van der Waals surface area (Å²) < 4.78 is 0. The van der Waals surface area contributed by atoms with Gasteiger partial charge in [-0.1, -0.05) is 35.9 Å². The molecule has 1 aliphatic heterocycles. The number of aryl methyl sites for hydroxylation is 1. The first kappa shape index (κ1) is 18.1. The van der Waals surface area contributed by atoms with E-state index in [9.17, 15) is 9.59 Å². The lowest BCUT2D eigenvalue weighted by Crippen LogP contribution is -2.47. The minimum atomic E-state index is -0.370. The zero-order valence-electron chi connectivity index (χ0n) is 15.5. The Labute approximate surface area is 154 Å². The summed E-state index contributed by atoms with van der Waals surface area (Å²) >= 11 is 0. The molecule has 1 N–H and O–H groups in total. The Kier molecular flexibility index (Phi) is 5.38. The molecule has 2 aromatic rings. The quantitative estimate of drug-likeness (QED) is 0.901. The number of hydrogen-bond donors (Lipinski definition) is 1. The summed E-state index contributed by atoms with van der Waals surface area (Å²) in [4.78, 5) is 28.8. The molecule has 0 radical (unpaired) electrons. The Morgan fingerprint density at radius 2 is 1.85 bits per heavy atom. The highest BCUT2D eigenvalue weighted by molar-refractivity contribution is 5.99. The number of carbonyl (C=O) groups is 2. The van der Waals surface area contributed by atoms with E-state index in [1.165, 1.54) is 5.56 Å². The average Bonchev–Trinajstić information content (AvgIpc) is 3.06. The molecule has 0 fully saturated rings. The number of para-hydroxylation sites is 1. The normalized spacial score (nSPS) is 14.2. The van der Waals surface area contributed by atoms with E-state index in [2.05, 4.69) is 11.4 Å². The first-order chi connectivity index (χ1) is 12.5. The van der Waals surface area contributed by atoms with Crippen LogP contribution in [0.1, 0.15) is 18.1 Å². The largest absolute Gasteiger partial charge is 0.325 e. The molecule has 1 aliphatic rings. The number of carbonyl (C=O) groups excluding carboxylic acids is 2. The molecule has 5 nitrogen and oxygen atoms in total. The first-order valence-corrected chi connectivity index (χ1v) is 8.92. The Morgan fingerprint density at radius 3 is 2.58 bits per heavy atom. The number of nitrogens with zero attached hydrogens (tertiary/aromatic N) is 2. The highest BCUT2D eigenvalue weighted by Crippen LogP contribution is 2.28. The minimum Gasteiger partial charge on any atom is -0.325 e. The summed E-state index contributed by atoms with van der Waals surface area (Å²) in [7, 11) is 1.80. The van der Waals surface area contributed by atoms with Gasteiger partial charge in [0.15, 0.2) is 0 Å². The van der Waals surface area contributed by atoms with Gasteiger partial charge in [0.2, 0.25) is 11.8 Å². The molecule has 0 bridgehead atoms. The van der Waals surface area contributed by atoms with Crippen molar-refractivity contribution in [3.63, 3.8) is 0 Å². The SMILES string of the molecule is Cc1ccc(NC(=O)CN(C)[C@H](C)C(=O)N2CCc3ccccc32)cc1. The third kappa shape index (κ3) is 3.94. The maximum Gasteiger partial charge on any atom is 0.244 e. The summed E-state index contributed by atoms with van der Waals surface area (Å²) in [6.45, 7) is 4.72. The average molecular weight is 351 g/mol. The third-order valence-corrected chi connectivity index (χ3v) is 4.90. The fourth-order valence-corrected chi connectivity index (χ4v) is 3.18. The smallest absolute Gasteiger partial charge is 0.244 e. The van der Waals surface area contributed by atoms with E-state index in [0.717, 1.165) is 23.4 Å². The zero-order valence-corrected chi connectivity index (χ0v) is 15.5. The van der Waals surface area contributed by atoms with Gasteiger partial charge in [-0.15, -0.1) is 0 Å². The van der Waals surface area contributed by atoms with Crippen molar-refractivity contribution in [1.29, 1.82) is 0 Å². The van der Waals surface area contributed by atoms with Gasteiger partial charge in [0, 0.05) is 17.9 Å². The van der Waals surface area contributed by atoms with Gasteiger partial charge >= 0.3 is 0 Å². The molecule has 5 heteroatoms. The van der Waals surface area contributed by atoms with Crippen LogP contribution in [0, 0.1) is 6.92 Å². The van der Waals surface area contributed by atoms with E-state index >= 15 is 0 Å². The molecule has 26 heavy (non-hydrogen) atoms. The predicted octanol–water partition coefficient (Wildman–Crippen LogP) is 2.84. The third-order valence-electron chi connectivity index (χ3n) is 4.90. The molecular weight excluding hydrogens is 326 g/mol. The molecule has 0 saturated heterocycles. The number of amides is 2. The van der Waals surface area contributed by atoms with Gasteiger partial charge in [-0.05, 0) is 51.1 Å². The van der Waals surface area contributed by atoms with Crippen molar-refractivity contribution in [2.45, 2.75) is 26.3 Å². The maximum absolute atomic E-state index is 12.9. The lowest BCUT2D eigenvalue weighted by atomic mass is 10.2. The van der Waals surface area contributed by atoms with Crippen LogP contribution in [0.2, 0.25) is 0 Å². The molecule has 0 aliphatic carbocycles. The Bertz CT molecular complexity index is 801. The van der Waals surface area contributed by atoms with Gasteiger partial charge in [0.05, 0.1) is 12.6 Å². The van der Waals surface area contributed by atoms with Crippen LogP contribution in [-0.4, -0.2) is 42.9 Å². The number of hydrogen-bond acceptors (Lipinski definition) is 3. The highest BCUT2D eigenvalue weighted by Gasteiger charge is 2.30. The monoisotopic (exact) mass is 351 g/mol. The van der Waals surface area contributed by atoms with Gasteiger partial charge in [0.1, 0.15) is 0 Å². The lowest BCUT2D eigenvalue weighted by molar-refractivity contribution is -0.124. The Balaban J connectivity index is 1.59. The molecule has 3 rings (SSSR count). The number of likely N-dealkylation sites (N-methyl/N-ethyl adjacent to an activating group) is 1. The molecule has 136 valence electrons. The van der Waals surface area contributed by atoms with Crippen molar-refractivity contribution in [2.75, 3.05) is 30.4 Å². The molecule has 0 spiro atoms. The van der Waals surface area contributed by atoms with E-state index in [0.29, 0.717) is 6.54 Å². The molecular formula is C21H25N3O2. The molecule has 0 aromatic heterocycles. The van der Waals surface area contributed by atoms with Crippen molar-refractivity contribution >= 4 is 23.2 Å². The van der Waals surface area contributed by atoms with Crippen LogP contribution >= 0.6 is 0 Å². The van der Waals surface area contributed by atoms with Crippen LogP contribution in [0.4, 0.5) is 11.4 Å². The molecule has 0 saturated carbocycles. The van der Waals surface area contributed by atoms with Gasteiger partial charge in [-0.25, -0.2) is 0 Å². The van der Waals surface area contributed by atoms with Gasteiger partial charge in [-0.2, -0.15) is 0 Å². The Hall–Kier alpha value is -2.66. The van der Waals surface area contributed by atoms with Gasteiger partial charge in [0.25, 0.3) is 0 Å².